The van der Waals surface area contributed by atoms with Gasteiger partial charge in [-0.15, -0.1) is 0 Å². The van der Waals surface area contributed by atoms with Crippen LogP contribution in [0.5, 0.6) is 0 Å². The van der Waals surface area contributed by atoms with Crippen LogP contribution in [0.15, 0.2) is 39.2 Å². The molecule has 0 radical (unpaired) electrons. The lowest BCUT2D eigenvalue weighted by molar-refractivity contribution is 0.244. The summed E-state index contributed by atoms with van der Waals surface area (Å²) in [6.07, 6.45) is 0. The summed E-state index contributed by atoms with van der Waals surface area (Å²) in [5.41, 5.74) is 2.24. The van der Waals surface area contributed by atoms with Crippen LogP contribution in [-0.2, 0) is 13.2 Å². The lowest BCUT2D eigenvalue weighted by atomic mass is 10.2. The van der Waals surface area contributed by atoms with Crippen LogP contribution in [-0.4, -0.2) is 5.11 Å². The minimum atomic E-state index is -0.0613. The second kappa shape index (κ2) is 5.38. The maximum Gasteiger partial charge on any atom is 0.129 e. The SMILES string of the molecule is Cc1ccc(NCc2ccc(CO)o2)c(Br)c1. The number of benzene rings is 1. The maximum atomic E-state index is 8.89. The van der Waals surface area contributed by atoms with Crippen LogP contribution in [0.25, 0.3) is 0 Å². The van der Waals surface area contributed by atoms with Crippen molar-refractivity contribution in [2.24, 2.45) is 0 Å². The lowest BCUT2D eigenvalue weighted by Gasteiger charge is -2.07. The normalized spacial score (nSPS) is 10.5. The Morgan fingerprint density at radius 2 is 2.00 bits per heavy atom. The molecular formula is C13H14BrNO2. The third-order valence-electron chi connectivity index (χ3n) is 2.45. The van der Waals surface area contributed by atoms with Crippen molar-refractivity contribution < 1.29 is 9.52 Å². The number of hydrogen-bond donors (Lipinski definition) is 2. The molecule has 0 amide bonds. The number of furan rings is 1. The molecule has 0 bridgehead atoms. The number of aliphatic hydroxyl groups is 1. The first-order valence-electron chi connectivity index (χ1n) is 5.37. The zero-order valence-electron chi connectivity index (χ0n) is 9.53. The summed E-state index contributed by atoms with van der Waals surface area (Å²) in [6.45, 7) is 2.59. The Kier molecular flexibility index (Phi) is 3.86. The van der Waals surface area contributed by atoms with Crippen LogP contribution < -0.4 is 5.32 Å². The summed E-state index contributed by atoms with van der Waals surface area (Å²) in [4.78, 5) is 0. The molecule has 2 N–H and O–H groups in total. The van der Waals surface area contributed by atoms with Gasteiger partial charge in [0, 0.05) is 10.2 Å². The molecule has 4 heteroatoms. The van der Waals surface area contributed by atoms with Crippen LogP contribution in [0.2, 0.25) is 0 Å². The van der Waals surface area contributed by atoms with E-state index in [1.165, 1.54) is 5.56 Å². The fourth-order valence-electron chi connectivity index (χ4n) is 1.55. The Bertz CT molecular complexity index is 508. The van der Waals surface area contributed by atoms with Gasteiger partial charge in [-0.05, 0) is 52.7 Å². The standard InChI is InChI=1S/C13H14BrNO2/c1-9-2-5-13(12(14)6-9)15-7-10-3-4-11(8-16)17-10/h2-6,15-16H,7-8H2,1H3. The van der Waals surface area contributed by atoms with Crippen molar-refractivity contribution in [3.05, 3.63) is 51.9 Å². The molecule has 2 rings (SSSR count). The fraction of sp³-hybridized carbons (Fsp3) is 0.231. The van der Waals surface area contributed by atoms with Gasteiger partial charge in [0.05, 0.1) is 6.54 Å². The number of nitrogens with one attached hydrogen (secondary N) is 1. The van der Waals surface area contributed by atoms with E-state index in [2.05, 4.69) is 34.2 Å². The van der Waals surface area contributed by atoms with E-state index in [-0.39, 0.29) is 6.61 Å². The number of hydrogen-bond acceptors (Lipinski definition) is 3. The van der Waals surface area contributed by atoms with Crippen LogP contribution in [0.3, 0.4) is 0 Å². The third-order valence-corrected chi connectivity index (χ3v) is 3.11. The van der Waals surface area contributed by atoms with Crippen molar-refractivity contribution in [2.45, 2.75) is 20.1 Å². The zero-order valence-corrected chi connectivity index (χ0v) is 11.1. The highest BCUT2D eigenvalue weighted by molar-refractivity contribution is 9.10. The predicted octanol–water partition coefficient (Wildman–Crippen LogP) is 3.45. The van der Waals surface area contributed by atoms with Crippen LogP contribution in [0.4, 0.5) is 5.69 Å². The summed E-state index contributed by atoms with van der Waals surface area (Å²) < 4.78 is 6.42. The molecule has 0 fully saturated rings. The molecule has 0 aliphatic carbocycles. The highest BCUT2D eigenvalue weighted by Gasteiger charge is 2.03. The molecule has 0 aliphatic rings. The van der Waals surface area contributed by atoms with Gasteiger partial charge >= 0.3 is 0 Å². The number of anilines is 1. The largest absolute Gasteiger partial charge is 0.462 e. The van der Waals surface area contributed by atoms with Crippen molar-refractivity contribution in [3.63, 3.8) is 0 Å². The Labute approximate surface area is 109 Å². The van der Waals surface area contributed by atoms with E-state index < -0.39 is 0 Å². The van der Waals surface area contributed by atoms with E-state index in [0.717, 1.165) is 15.9 Å². The van der Waals surface area contributed by atoms with E-state index in [9.17, 15) is 0 Å². The molecule has 0 saturated carbocycles. The first-order chi connectivity index (χ1) is 8.19. The van der Waals surface area contributed by atoms with Crippen molar-refractivity contribution in [2.75, 3.05) is 5.32 Å². The number of halogens is 1. The molecular weight excluding hydrogens is 282 g/mol. The van der Waals surface area contributed by atoms with Crippen molar-refractivity contribution in [1.82, 2.24) is 0 Å². The van der Waals surface area contributed by atoms with Gasteiger partial charge < -0.3 is 14.8 Å². The molecule has 1 aromatic heterocycles. The van der Waals surface area contributed by atoms with Crippen molar-refractivity contribution >= 4 is 21.6 Å². The van der Waals surface area contributed by atoms with E-state index in [4.69, 9.17) is 9.52 Å². The van der Waals surface area contributed by atoms with E-state index in [0.29, 0.717) is 12.3 Å². The van der Waals surface area contributed by atoms with Gasteiger partial charge in [0.2, 0.25) is 0 Å². The first kappa shape index (κ1) is 12.2. The molecule has 90 valence electrons. The molecule has 1 aromatic carbocycles. The summed E-state index contributed by atoms with van der Waals surface area (Å²) in [6, 6.07) is 9.77. The highest BCUT2D eigenvalue weighted by Crippen LogP contribution is 2.24. The topological polar surface area (TPSA) is 45.4 Å². The molecule has 2 aromatic rings. The van der Waals surface area contributed by atoms with Crippen LogP contribution in [0.1, 0.15) is 17.1 Å². The van der Waals surface area contributed by atoms with Crippen molar-refractivity contribution in [3.8, 4) is 0 Å². The number of aliphatic hydroxyl groups excluding tert-OH is 1. The van der Waals surface area contributed by atoms with E-state index in [1.54, 1.807) is 6.07 Å². The molecule has 0 aliphatic heterocycles. The summed E-state index contributed by atoms with van der Waals surface area (Å²) in [5, 5.41) is 12.2. The quantitative estimate of drug-likeness (QED) is 0.908. The zero-order chi connectivity index (χ0) is 12.3. The summed E-state index contributed by atoms with van der Waals surface area (Å²) in [5.74, 6) is 1.39. The number of rotatable bonds is 4. The molecule has 0 unspecified atom stereocenters. The van der Waals surface area contributed by atoms with Gasteiger partial charge in [-0.1, -0.05) is 6.07 Å². The number of aryl methyl sites for hydroxylation is 1. The van der Waals surface area contributed by atoms with Gasteiger partial charge in [0.1, 0.15) is 18.1 Å². The van der Waals surface area contributed by atoms with Gasteiger partial charge in [0.15, 0.2) is 0 Å². The van der Waals surface area contributed by atoms with Gasteiger partial charge in [0.25, 0.3) is 0 Å². The minimum absolute atomic E-state index is 0.0613. The Morgan fingerprint density at radius 3 is 2.65 bits per heavy atom. The predicted molar refractivity (Wildman–Crippen MR) is 70.8 cm³/mol. The van der Waals surface area contributed by atoms with Crippen molar-refractivity contribution in [1.29, 1.82) is 0 Å². The molecule has 17 heavy (non-hydrogen) atoms. The minimum Gasteiger partial charge on any atom is -0.462 e. The lowest BCUT2D eigenvalue weighted by Crippen LogP contribution is -1.98. The fourth-order valence-corrected chi connectivity index (χ4v) is 2.18. The average molecular weight is 296 g/mol. The molecule has 0 saturated heterocycles. The third kappa shape index (κ3) is 3.11. The summed E-state index contributed by atoms with van der Waals surface area (Å²) >= 11 is 3.51. The Hall–Kier alpha value is -1.26. The monoisotopic (exact) mass is 295 g/mol. The Morgan fingerprint density at radius 1 is 1.24 bits per heavy atom. The van der Waals surface area contributed by atoms with E-state index >= 15 is 0 Å². The van der Waals surface area contributed by atoms with Crippen LogP contribution in [0, 0.1) is 6.92 Å². The van der Waals surface area contributed by atoms with Gasteiger partial charge in [-0.2, -0.15) is 0 Å². The van der Waals surface area contributed by atoms with Gasteiger partial charge in [-0.3, -0.25) is 0 Å². The maximum absolute atomic E-state index is 8.89. The Balaban J connectivity index is 2.02. The molecule has 3 nitrogen and oxygen atoms in total. The summed E-state index contributed by atoms with van der Waals surface area (Å²) in [7, 11) is 0. The average Bonchev–Trinajstić information content (AvgIpc) is 2.76. The highest BCUT2D eigenvalue weighted by atomic mass is 79.9. The second-order valence-electron chi connectivity index (χ2n) is 3.86. The molecule has 1 heterocycles. The van der Waals surface area contributed by atoms with E-state index in [1.807, 2.05) is 18.2 Å². The van der Waals surface area contributed by atoms with Crippen LogP contribution >= 0.6 is 15.9 Å². The first-order valence-corrected chi connectivity index (χ1v) is 6.17. The smallest absolute Gasteiger partial charge is 0.129 e. The second-order valence-corrected chi connectivity index (χ2v) is 4.72. The molecule has 0 spiro atoms. The van der Waals surface area contributed by atoms with Gasteiger partial charge in [-0.25, -0.2) is 0 Å². The molecule has 0 atom stereocenters.